The van der Waals surface area contributed by atoms with Gasteiger partial charge in [-0.3, -0.25) is 4.79 Å². The van der Waals surface area contributed by atoms with Crippen LogP contribution in [0.5, 0.6) is 0 Å². The van der Waals surface area contributed by atoms with E-state index in [0.29, 0.717) is 0 Å². The summed E-state index contributed by atoms with van der Waals surface area (Å²) in [5, 5.41) is 2.47. The molecule has 0 radical (unpaired) electrons. The average molecular weight is 265 g/mol. The molecule has 0 heterocycles. The van der Waals surface area contributed by atoms with Crippen molar-refractivity contribution < 1.29 is 13.6 Å². The molecule has 0 bridgehead atoms. The van der Waals surface area contributed by atoms with Gasteiger partial charge in [-0.1, -0.05) is 6.92 Å². The van der Waals surface area contributed by atoms with E-state index >= 15 is 0 Å². The molecule has 6 heteroatoms. The van der Waals surface area contributed by atoms with Crippen LogP contribution in [-0.2, 0) is 4.79 Å². The first-order valence-corrected chi connectivity index (χ1v) is 4.93. The Morgan fingerprint density at radius 3 is 2.35 bits per heavy atom. The highest BCUT2D eigenvalue weighted by Crippen LogP contribution is 2.14. The van der Waals surface area contributed by atoms with E-state index in [9.17, 15) is 13.6 Å². The van der Waals surface area contributed by atoms with E-state index in [-0.39, 0.29) is 30.0 Å². The Kier molecular flexibility index (Phi) is 6.05. The van der Waals surface area contributed by atoms with Gasteiger partial charge >= 0.3 is 0 Å². The molecule has 1 aromatic carbocycles. The topological polar surface area (TPSA) is 55.1 Å². The van der Waals surface area contributed by atoms with Crippen LogP contribution in [0.25, 0.3) is 0 Å². The summed E-state index contributed by atoms with van der Waals surface area (Å²) in [4.78, 5) is 11.5. The molecule has 1 aromatic rings. The fourth-order valence-corrected chi connectivity index (χ4v) is 1.07. The van der Waals surface area contributed by atoms with Gasteiger partial charge < -0.3 is 11.1 Å². The number of anilines is 1. The van der Waals surface area contributed by atoms with Crippen molar-refractivity contribution in [2.75, 3.05) is 5.32 Å². The van der Waals surface area contributed by atoms with Gasteiger partial charge in [0, 0.05) is 17.8 Å². The molecule has 0 fully saturated rings. The zero-order valence-electron chi connectivity index (χ0n) is 9.54. The van der Waals surface area contributed by atoms with E-state index in [1.165, 1.54) is 6.07 Å². The second kappa shape index (κ2) is 6.51. The van der Waals surface area contributed by atoms with Crippen LogP contribution in [0.4, 0.5) is 14.5 Å². The van der Waals surface area contributed by atoms with Crippen LogP contribution < -0.4 is 11.1 Å². The van der Waals surface area contributed by atoms with Crippen molar-refractivity contribution in [3.63, 3.8) is 0 Å². The van der Waals surface area contributed by atoms with Crippen LogP contribution in [0.3, 0.4) is 0 Å². The summed E-state index contributed by atoms with van der Waals surface area (Å²) in [6.07, 6.45) is 0. The first kappa shape index (κ1) is 15.8. The van der Waals surface area contributed by atoms with E-state index < -0.39 is 17.6 Å². The lowest BCUT2D eigenvalue weighted by molar-refractivity contribution is -0.119. The molecule has 1 rings (SSSR count). The van der Waals surface area contributed by atoms with E-state index in [1.807, 2.05) is 0 Å². The molecule has 0 saturated carbocycles. The summed E-state index contributed by atoms with van der Waals surface area (Å²) in [5.41, 5.74) is 5.77. The van der Waals surface area contributed by atoms with Crippen molar-refractivity contribution in [3.05, 3.63) is 29.8 Å². The van der Waals surface area contributed by atoms with Crippen LogP contribution in [0.15, 0.2) is 18.2 Å². The average Bonchev–Trinajstić information content (AvgIpc) is 2.22. The fourth-order valence-electron chi connectivity index (χ4n) is 1.07. The fraction of sp³-hybridized carbons (Fsp3) is 0.364. The third-order valence-corrected chi connectivity index (χ3v) is 2.39. The van der Waals surface area contributed by atoms with Gasteiger partial charge in [0.25, 0.3) is 0 Å². The number of rotatable bonds is 3. The Hall–Kier alpha value is -1.20. The molecule has 0 aliphatic heterocycles. The molecule has 2 unspecified atom stereocenters. The molecule has 1 amide bonds. The Bertz CT molecular complexity index is 399. The predicted octanol–water partition coefficient (Wildman–Crippen LogP) is 2.31. The minimum Gasteiger partial charge on any atom is -0.327 e. The molecule has 3 nitrogen and oxygen atoms in total. The van der Waals surface area contributed by atoms with Gasteiger partial charge in [-0.2, -0.15) is 0 Å². The van der Waals surface area contributed by atoms with Crippen molar-refractivity contribution in [1.29, 1.82) is 0 Å². The molecule has 0 spiro atoms. The lowest BCUT2D eigenvalue weighted by Crippen LogP contribution is -2.34. The highest BCUT2D eigenvalue weighted by Gasteiger charge is 2.17. The second-order valence-corrected chi connectivity index (χ2v) is 3.77. The first-order valence-electron chi connectivity index (χ1n) is 4.93. The maximum Gasteiger partial charge on any atom is 0.228 e. The van der Waals surface area contributed by atoms with Crippen molar-refractivity contribution in [2.24, 2.45) is 11.7 Å². The third-order valence-electron chi connectivity index (χ3n) is 2.39. The van der Waals surface area contributed by atoms with E-state index in [4.69, 9.17) is 5.73 Å². The standard InChI is InChI=1S/C11H14F2N2O.ClH/c1-6(7(2)14)11(16)15-8-3-4-9(12)10(13)5-8;/h3-7H,14H2,1-2H3,(H,15,16);1H. The van der Waals surface area contributed by atoms with Crippen LogP contribution >= 0.6 is 12.4 Å². The number of halogens is 3. The molecule has 0 aliphatic rings. The number of nitrogens with two attached hydrogens (primary N) is 1. The Morgan fingerprint density at radius 1 is 1.29 bits per heavy atom. The van der Waals surface area contributed by atoms with Crippen LogP contribution in [0.2, 0.25) is 0 Å². The van der Waals surface area contributed by atoms with E-state index in [1.54, 1.807) is 13.8 Å². The number of hydrogen-bond donors (Lipinski definition) is 2. The summed E-state index contributed by atoms with van der Waals surface area (Å²) in [6.45, 7) is 3.37. The molecule has 3 N–H and O–H groups in total. The van der Waals surface area contributed by atoms with Crippen LogP contribution in [0.1, 0.15) is 13.8 Å². The van der Waals surface area contributed by atoms with Crippen molar-refractivity contribution in [2.45, 2.75) is 19.9 Å². The minimum atomic E-state index is -0.994. The Labute approximate surface area is 105 Å². The highest BCUT2D eigenvalue weighted by molar-refractivity contribution is 5.92. The quantitative estimate of drug-likeness (QED) is 0.880. The van der Waals surface area contributed by atoms with E-state index in [2.05, 4.69) is 5.32 Å². The lowest BCUT2D eigenvalue weighted by atomic mass is 10.0. The molecular weight excluding hydrogens is 250 g/mol. The predicted molar refractivity (Wildman–Crippen MR) is 65.0 cm³/mol. The Morgan fingerprint density at radius 2 is 1.88 bits per heavy atom. The molecule has 0 aromatic heterocycles. The van der Waals surface area contributed by atoms with Crippen LogP contribution in [-0.4, -0.2) is 11.9 Å². The number of carbonyl (C=O) groups is 1. The molecule has 0 aliphatic carbocycles. The van der Waals surface area contributed by atoms with Crippen molar-refractivity contribution in [3.8, 4) is 0 Å². The van der Waals surface area contributed by atoms with Gasteiger partial charge in [0.1, 0.15) is 0 Å². The summed E-state index contributed by atoms with van der Waals surface area (Å²) < 4.78 is 25.5. The van der Waals surface area contributed by atoms with Crippen molar-refractivity contribution >= 4 is 24.0 Å². The van der Waals surface area contributed by atoms with Gasteiger partial charge in [-0.25, -0.2) is 8.78 Å². The molecule has 96 valence electrons. The number of hydrogen-bond acceptors (Lipinski definition) is 2. The summed E-state index contributed by atoms with van der Waals surface area (Å²) in [6, 6.07) is 2.89. The lowest BCUT2D eigenvalue weighted by Gasteiger charge is -2.15. The zero-order valence-corrected chi connectivity index (χ0v) is 10.4. The van der Waals surface area contributed by atoms with Gasteiger partial charge in [-0.05, 0) is 19.1 Å². The second-order valence-electron chi connectivity index (χ2n) is 3.77. The number of benzene rings is 1. The van der Waals surface area contributed by atoms with Crippen molar-refractivity contribution in [1.82, 2.24) is 0 Å². The number of amides is 1. The van der Waals surface area contributed by atoms with Gasteiger partial charge in [0.05, 0.1) is 5.92 Å². The van der Waals surface area contributed by atoms with E-state index in [0.717, 1.165) is 12.1 Å². The maximum absolute atomic E-state index is 12.8. The molecule has 0 saturated heterocycles. The van der Waals surface area contributed by atoms with Gasteiger partial charge in [0.15, 0.2) is 11.6 Å². The SMILES string of the molecule is CC(N)C(C)C(=O)Nc1ccc(F)c(F)c1.Cl. The molecule has 2 atom stereocenters. The first-order chi connectivity index (χ1) is 7.41. The highest BCUT2D eigenvalue weighted by atomic mass is 35.5. The van der Waals surface area contributed by atoms with Gasteiger partial charge in [-0.15, -0.1) is 12.4 Å². The summed E-state index contributed by atoms with van der Waals surface area (Å²) >= 11 is 0. The number of carbonyl (C=O) groups excluding carboxylic acids is 1. The molecular formula is C11H15ClF2N2O. The summed E-state index contributed by atoms with van der Waals surface area (Å²) in [5.74, 6) is -2.65. The molecule has 17 heavy (non-hydrogen) atoms. The smallest absolute Gasteiger partial charge is 0.228 e. The third kappa shape index (κ3) is 4.28. The maximum atomic E-state index is 12.8. The Balaban J connectivity index is 0.00000256. The largest absolute Gasteiger partial charge is 0.327 e. The van der Waals surface area contributed by atoms with Crippen LogP contribution in [0, 0.1) is 17.6 Å². The normalized spacial score (nSPS) is 13.5. The number of nitrogens with one attached hydrogen (secondary N) is 1. The zero-order chi connectivity index (χ0) is 12.3. The minimum absolute atomic E-state index is 0. The van der Waals surface area contributed by atoms with Gasteiger partial charge in [0.2, 0.25) is 5.91 Å². The monoisotopic (exact) mass is 264 g/mol. The summed E-state index contributed by atoms with van der Waals surface area (Å²) in [7, 11) is 0.